The first-order chi connectivity index (χ1) is 10.2. The van der Waals surface area contributed by atoms with E-state index in [-0.39, 0.29) is 0 Å². The highest BCUT2D eigenvalue weighted by atomic mass is 35.5. The van der Waals surface area contributed by atoms with Crippen LogP contribution < -0.4 is 5.32 Å². The Morgan fingerprint density at radius 2 is 1.52 bits per heavy atom. The lowest BCUT2D eigenvalue weighted by Crippen LogP contribution is -1.98. The van der Waals surface area contributed by atoms with Crippen molar-refractivity contribution in [3.05, 3.63) is 71.1 Å². The van der Waals surface area contributed by atoms with Crippen molar-refractivity contribution in [3.8, 4) is 11.1 Å². The summed E-state index contributed by atoms with van der Waals surface area (Å²) in [4.78, 5) is 8.36. The molecular weight excluding hydrogens is 305 g/mol. The molecule has 0 saturated heterocycles. The molecule has 0 saturated carbocycles. The van der Waals surface area contributed by atoms with Crippen LogP contribution in [0.1, 0.15) is 0 Å². The molecule has 5 heteroatoms. The van der Waals surface area contributed by atoms with E-state index in [2.05, 4.69) is 15.3 Å². The maximum absolute atomic E-state index is 6.24. The predicted octanol–water partition coefficient (Wildman–Crippen LogP) is 5.19. The molecule has 0 amide bonds. The fourth-order valence-electron chi connectivity index (χ4n) is 1.99. The Kier molecular flexibility index (Phi) is 4.04. The number of hydrogen-bond acceptors (Lipinski definition) is 3. The number of anilines is 2. The summed E-state index contributed by atoms with van der Waals surface area (Å²) in [6.07, 6.45) is 1.44. The van der Waals surface area contributed by atoms with Gasteiger partial charge in [0.05, 0.1) is 5.56 Å². The largest absolute Gasteiger partial charge is 0.340 e. The van der Waals surface area contributed by atoms with Gasteiger partial charge in [0, 0.05) is 10.7 Å². The SMILES string of the molecule is Clc1ccc(Nc2ncnc(Cl)c2-c2ccccc2)cc1. The van der Waals surface area contributed by atoms with E-state index in [1.165, 1.54) is 6.33 Å². The zero-order valence-corrected chi connectivity index (χ0v) is 12.4. The average molecular weight is 316 g/mol. The Hall–Kier alpha value is -2.10. The molecule has 0 unspecified atom stereocenters. The minimum atomic E-state index is 0.410. The molecule has 21 heavy (non-hydrogen) atoms. The monoisotopic (exact) mass is 315 g/mol. The Balaban J connectivity index is 2.03. The van der Waals surface area contributed by atoms with Crippen molar-refractivity contribution in [1.29, 1.82) is 0 Å². The average Bonchev–Trinajstić information content (AvgIpc) is 2.51. The van der Waals surface area contributed by atoms with E-state index in [0.717, 1.165) is 16.8 Å². The van der Waals surface area contributed by atoms with Crippen molar-refractivity contribution in [2.75, 3.05) is 5.32 Å². The van der Waals surface area contributed by atoms with E-state index in [0.29, 0.717) is 16.0 Å². The molecule has 1 aromatic heterocycles. The third-order valence-corrected chi connectivity index (χ3v) is 3.51. The molecule has 0 radical (unpaired) electrons. The van der Waals surface area contributed by atoms with Crippen LogP contribution in [0.2, 0.25) is 10.2 Å². The predicted molar refractivity (Wildman–Crippen MR) is 87.2 cm³/mol. The first kappa shape index (κ1) is 13.9. The van der Waals surface area contributed by atoms with Crippen LogP contribution >= 0.6 is 23.2 Å². The van der Waals surface area contributed by atoms with Crippen LogP contribution in [0.4, 0.5) is 11.5 Å². The number of halogens is 2. The molecule has 1 heterocycles. The van der Waals surface area contributed by atoms with Crippen molar-refractivity contribution < 1.29 is 0 Å². The summed E-state index contributed by atoms with van der Waals surface area (Å²) < 4.78 is 0. The number of hydrogen-bond donors (Lipinski definition) is 1. The summed E-state index contributed by atoms with van der Waals surface area (Å²) in [6, 6.07) is 17.2. The summed E-state index contributed by atoms with van der Waals surface area (Å²) in [5, 5.41) is 4.34. The van der Waals surface area contributed by atoms with Crippen molar-refractivity contribution in [2.24, 2.45) is 0 Å². The van der Waals surface area contributed by atoms with Crippen LogP contribution in [0.3, 0.4) is 0 Å². The number of nitrogens with zero attached hydrogens (tertiary/aromatic N) is 2. The third-order valence-electron chi connectivity index (χ3n) is 2.97. The van der Waals surface area contributed by atoms with E-state index in [1.54, 1.807) is 0 Å². The minimum absolute atomic E-state index is 0.410. The van der Waals surface area contributed by atoms with E-state index in [1.807, 2.05) is 54.6 Å². The van der Waals surface area contributed by atoms with Crippen molar-refractivity contribution in [3.63, 3.8) is 0 Å². The number of aromatic nitrogens is 2. The molecule has 0 aliphatic rings. The molecule has 2 aromatic carbocycles. The molecule has 104 valence electrons. The normalized spacial score (nSPS) is 10.4. The van der Waals surface area contributed by atoms with Gasteiger partial charge in [-0.1, -0.05) is 53.5 Å². The molecule has 0 aliphatic carbocycles. The van der Waals surface area contributed by atoms with Gasteiger partial charge in [-0.25, -0.2) is 9.97 Å². The summed E-state index contributed by atoms with van der Waals surface area (Å²) in [6.45, 7) is 0. The van der Waals surface area contributed by atoms with Crippen LogP contribution in [-0.2, 0) is 0 Å². The van der Waals surface area contributed by atoms with Crippen LogP contribution in [-0.4, -0.2) is 9.97 Å². The molecule has 1 N–H and O–H groups in total. The maximum atomic E-state index is 6.24. The van der Waals surface area contributed by atoms with Gasteiger partial charge in [0.1, 0.15) is 17.3 Å². The van der Waals surface area contributed by atoms with Gasteiger partial charge in [-0.2, -0.15) is 0 Å². The number of nitrogens with one attached hydrogen (secondary N) is 1. The molecular formula is C16H11Cl2N3. The lowest BCUT2D eigenvalue weighted by Gasteiger charge is -2.12. The van der Waals surface area contributed by atoms with Gasteiger partial charge in [-0.3, -0.25) is 0 Å². The van der Waals surface area contributed by atoms with E-state index in [9.17, 15) is 0 Å². The summed E-state index contributed by atoms with van der Waals surface area (Å²) >= 11 is 12.1. The highest BCUT2D eigenvalue weighted by Crippen LogP contribution is 2.33. The van der Waals surface area contributed by atoms with E-state index >= 15 is 0 Å². The summed E-state index contributed by atoms with van der Waals surface area (Å²) in [5.41, 5.74) is 2.61. The molecule has 0 bridgehead atoms. The quantitative estimate of drug-likeness (QED) is 0.675. The van der Waals surface area contributed by atoms with Gasteiger partial charge in [0.25, 0.3) is 0 Å². The first-order valence-electron chi connectivity index (χ1n) is 6.32. The van der Waals surface area contributed by atoms with E-state index in [4.69, 9.17) is 23.2 Å². The molecule has 0 aliphatic heterocycles. The highest BCUT2D eigenvalue weighted by molar-refractivity contribution is 6.32. The van der Waals surface area contributed by atoms with Crippen LogP contribution in [0.15, 0.2) is 60.9 Å². The molecule has 3 aromatic rings. The first-order valence-corrected chi connectivity index (χ1v) is 7.08. The summed E-state index contributed by atoms with van der Waals surface area (Å²) in [7, 11) is 0. The standard InChI is InChI=1S/C16H11Cl2N3/c17-12-6-8-13(9-7-12)21-16-14(15(18)19-10-20-16)11-4-2-1-3-5-11/h1-10H,(H,19,20,21). The van der Waals surface area contributed by atoms with Crippen LogP contribution in [0.25, 0.3) is 11.1 Å². The third kappa shape index (κ3) is 3.15. The lowest BCUT2D eigenvalue weighted by molar-refractivity contribution is 1.17. The van der Waals surface area contributed by atoms with Crippen molar-refractivity contribution in [2.45, 2.75) is 0 Å². The van der Waals surface area contributed by atoms with Crippen LogP contribution in [0, 0.1) is 0 Å². The zero-order chi connectivity index (χ0) is 14.7. The number of rotatable bonds is 3. The highest BCUT2D eigenvalue weighted by Gasteiger charge is 2.12. The smallest absolute Gasteiger partial charge is 0.143 e. The maximum Gasteiger partial charge on any atom is 0.143 e. The zero-order valence-electron chi connectivity index (χ0n) is 10.9. The van der Waals surface area contributed by atoms with Gasteiger partial charge in [0.15, 0.2) is 0 Å². The van der Waals surface area contributed by atoms with Gasteiger partial charge in [-0.05, 0) is 29.8 Å². The van der Waals surface area contributed by atoms with Gasteiger partial charge >= 0.3 is 0 Å². The minimum Gasteiger partial charge on any atom is -0.340 e. The molecule has 3 nitrogen and oxygen atoms in total. The van der Waals surface area contributed by atoms with E-state index < -0.39 is 0 Å². The molecule has 0 atom stereocenters. The molecule has 0 spiro atoms. The van der Waals surface area contributed by atoms with Crippen LogP contribution in [0.5, 0.6) is 0 Å². The lowest BCUT2D eigenvalue weighted by atomic mass is 10.1. The molecule has 0 fully saturated rings. The Morgan fingerprint density at radius 1 is 0.810 bits per heavy atom. The second-order valence-electron chi connectivity index (χ2n) is 4.39. The van der Waals surface area contributed by atoms with Crippen molar-refractivity contribution >= 4 is 34.7 Å². The fraction of sp³-hybridized carbons (Fsp3) is 0. The molecule has 3 rings (SSSR count). The van der Waals surface area contributed by atoms with Gasteiger partial charge < -0.3 is 5.32 Å². The Morgan fingerprint density at radius 3 is 2.24 bits per heavy atom. The Bertz CT molecular complexity index is 743. The Labute approximate surface area is 132 Å². The summed E-state index contributed by atoms with van der Waals surface area (Å²) in [5.74, 6) is 0.656. The van der Waals surface area contributed by atoms with Gasteiger partial charge in [-0.15, -0.1) is 0 Å². The number of benzene rings is 2. The van der Waals surface area contributed by atoms with Crippen molar-refractivity contribution in [1.82, 2.24) is 9.97 Å². The van der Waals surface area contributed by atoms with Gasteiger partial charge in [0.2, 0.25) is 0 Å². The second-order valence-corrected chi connectivity index (χ2v) is 5.18. The second kappa shape index (κ2) is 6.12. The fourth-order valence-corrected chi connectivity index (χ4v) is 2.36. The topological polar surface area (TPSA) is 37.8 Å².